The number of urea groups is 1. The summed E-state index contributed by atoms with van der Waals surface area (Å²) >= 11 is 0. The van der Waals surface area contributed by atoms with Gasteiger partial charge in [-0.3, -0.25) is 4.79 Å². The Bertz CT molecular complexity index is 1310. The van der Waals surface area contributed by atoms with Gasteiger partial charge in [0, 0.05) is 37.0 Å². The van der Waals surface area contributed by atoms with Crippen LogP contribution in [0.2, 0.25) is 0 Å². The molecule has 0 aromatic heterocycles. The van der Waals surface area contributed by atoms with Crippen molar-refractivity contribution in [2.45, 2.75) is 12.8 Å². The Morgan fingerprint density at radius 2 is 1.78 bits per heavy atom. The third-order valence-corrected chi connectivity index (χ3v) is 5.63. The molecule has 3 aromatic carbocycles. The van der Waals surface area contributed by atoms with E-state index in [1.807, 2.05) is 54.6 Å². The second-order valence-electron chi connectivity index (χ2n) is 8.25. The van der Waals surface area contributed by atoms with E-state index < -0.39 is 18.3 Å². The summed E-state index contributed by atoms with van der Waals surface area (Å²) in [6.45, 7) is 0.642. The lowest BCUT2D eigenvalue weighted by atomic mass is 10.0. The number of benzene rings is 3. The maximum atomic E-state index is 13.3. The fraction of sp³-hybridized carbons (Fsp3) is 0.185. The van der Waals surface area contributed by atoms with Gasteiger partial charge in [-0.1, -0.05) is 60.7 Å². The number of benzodiazepines with no additional fused rings is 1. The zero-order chi connectivity index (χ0) is 26.2. The molecule has 0 saturated heterocycles. The number of carbonyl (C=O) groups excluding carboxylic acids is 3. The Morgan fingerprint density at radius 1 is 1.03 bits per heavy atom. The minimum atomic E-state index is -1.15. The highest BCUT2D eigenvalue weighted by Crippen LogP contribution is 2.27. The number of likely N-dealkylation sites (N-methyl/N-ethyl adjacent to an activating group) is 1. The summed E-state index contributed by atoms with van der Waals surface area (Å²) in [4.78, 5) is 44.0. The molecule has 1 aliphatic rings. The van der Waals surface area contributed by atoms with E-state index in [0.717, 1.165) is 11.1 Å². The van der Waals surface area contributed by atoms with Crippen molar-refractivity contribution in [3.05, 3.63) is 95.6 Å². The van der Waals surface area contributed by atoms with Gasteiger partial charge in [0.2, 0.25) is 6.17 Å². The van der Waals surface area contributed by atoms with Crippen LogP contribution in [0.15, 0.2) is 83.9 Å². The molecule has 0 fully saturated rings. The van der Waals surface area contributed by atoms with Gasteiger partial charge >= 0.3 is 12.1 Å². The number of nitrogens with one attached hydrogen (secondary N) is 3. The van der Waals surface area contributed by atoms with E-state index in [4.69, 9.17) is 10.5 Å². The monoisotopic (exact) mass is 500 g/mol. The first-order valence-electron chi connectivity index (χ1n) is 11.7. The molecule has 3 aromatic rings. The highest BCUT2D eigenvalue weighted by atomic mass is 16.5. The highest BCUT2D eigenvalue weighted by Gasteiger charge is 2.30. The molecule has 5 N–H and O–H groups in total. The maximum absolute atomic E-state index is 13.3. The number of rotatable bonds is 7. The minimum Gasteiger partial charge on any atom is -0.445 e. The molecule has 190 valence electrons. The molecule has 10 nitrogen and oxygen atoms in total. The molecule has 0 unspecified atom stereocenters. The molecule has 0 radical (unpaired) electrons. The molecule has 4 amide bonds. The van der Waals surface area contributed by atoms with Gasteiger partial charge in [0.25, 0.3) is 5.91 Å². The SMILES string of the molecule is CN1C(=O)[C@H](NC(=O)Nc2cccc(COC(=O)NCCN)c2)N=C(c2ccccc2)c2ccccc21. The number of aliphatic imine (C=N–C) groups is 1. The van der Waals surface area contributed by atoms with E-state index in [1.165, 1.54) is 4.90 Å². The minimum absolute atomic E-state index is 0.0163. The van der Waals surface area contributed by atoms with Gasteiger partial charge in [-0.25, -0.2) is 14.6 Å². The Labute approximate surface area is 214 Å². The van der Waals surface area contributed by atoms with Crippen LogP contribution in [-0.2, 0) is 16.1 Å². The number of ether oxygens (including phenoxy) is 1. The molecule has 37 heavy (non-hydrogen) atoms. The van der Waals surface area contributed by atoms with Gasteiger partial charge in [-0.2, -0.15) is 0 Å². The second kappa shape index (κ2) is 11.8. The molecular formula is C27H28N6O4. The number of hydrogen-bond donors (Lipinski definition) is 4. The Balaban J connectivity index is 1.50. The Morgan fingerprint density at radius 3 is 2.57 bits per heavy atom. The number of alkyl carbamates (subject to hydrolysis) is 1. The van der Waals surface area contributed by atoms with Gasteiger partial charge in [-0.05, 0) is 23.8 Å². The van der Waals surface area contributed by atoms with Crippen LogP contribution < -0.4 is 26.6 Å². The molecule has 1 atom stereocenters. The largest absolute Gasteiger partial charge is 0.445 e. The molecule has 10 heteroatoms. The smallest absolute Gasteiger partial charge is 0.407 e. The number of anilines is 2. The molecular weight excluding hydrogens is 472 g/mol. The van der Waals surface area contributed by atoms with E-state index in [1.54, 1.807) is 31.3 Å². The van der Waals surface area contributed by atoms with E-state index >= 15 is 0 Å². The van der Waals surface area contributed by atoms with Crippen LogP contribution in [-0.4, -0.2) is 50.0 Å². The standard InChI is InChI=1S/C27H28N6O4/c1-33-22-13-6-5-12-21(22)23(19-9-3-2-4-10-19)31-24(25(33)34)32-26(35)30-20-11-7-8-18(16-20)17-37-27(36)29-15-14-28/h2-13,16,24H,14-15,17,28H2,1H3,(H,29,36)(H2,30,32,35)/t24-/m0/s1. The number of hydrogen-bond acceptors (Lipinski definition) is 6. The van der Waals surface area contributed by atoms with Crippen molar-refractivity contribution in [3.8, 4) is 0 Å². The number of amides is 4. The third-order valence-electron chi connectivity index (χ3n) is 5.63. The van der Waals surface area contributed by atoms with Gasteiger partial charge in [0.05, 0.1) is 11.4 Å². The predicted octanol–water partition coefficient (Wildman–Crippen LogP) is 2.83. The maximum Gasteiger partial charge on any atom is 0.407 e. The predicted molar refractivity (Wildman–Crippen MR) is 142 cm³/mol. The number of carbonyl (C=O) groups is 3. The molecule has 0 spiro atoms. The summed E-state index contributed by atoms with van der Waals surface area (Å²) in [5.41, 5.74) is 9.41. The number of nitrogens with two attached hydrogens (primary N) is 1. The Hall–Kier alpha value is -4.70. The number of nitrogens with zero attached hydrogens (tertiary/aromatic N) is 2. The van der Waals surface area contributed by atoms with E-state index in [-0.39, 0.29) is 12.5 Å². The molecule has 1 aliphatic heterocycles. The van der Waals surface area contributed by atoms with E-state index in [0.29, 0.717) is 35.7 Å². The summed E-state index contributed by atoms with van der Waals surface area (Å²) in [6.07, 6.45) is -1.73. The zero-order valence-electron chi connectivity index (χ0n) is 20.3. The summed E-state index contributed by atoms with van der Waals surface area (Å²) in [5, 5.41) is 7.91. The van der Waals surface area contributed by atoms with Crippen molar-refractivity contribution >= 4 is 35.1 Å². The van der Waals surface area contributed by atoms with Crippen molar-refractivity contribution in [2.75, 3.05) is 30.4 Å². The quantitative estimate of drug-likeness (QED) is 0.395. The molecule has 0 bridgehead atoms. The van der Waals surface area contributed by atoms with Crippen LogP contribution in [0.4, 0.5) is 21.0 Å². The summed E-state index contributed by atoms with van der Waals surface area (Å²) < 4.78 is 5.13. The van der Waals surface area contributed by atoms with Crippen molar-refractivity contribution in [1.29, 1.82) is 0 Å². The molecule has 0 saturated carbocycles. The normalized spacial score (nSPS) is 14.6. The first kappa shape index (κ1) is 25.4. The average Bonchev–Trinajstić information content (AvgIpc) is 3.02. The Kier molecular flexibility index (Phi) is 8.11. The van der Waals surface area contributed by atoms with Crippen LogP contribution in [0, 0.1) is 0 Å². The number of para-hydroxylation sites is 1. The van der Waals surface area contributed by atoms with Gasteiger partial charge in [0.15, 0.2) is 0 Å². The van der Waals surface area contributed by atoms with Crippen LogP contribution >= 0.6 is 0 Å². The fourth-order valence-electron chi connectivity index (χ4n) is 3.85. The van der Waals surface area contributed by atoms with Gasteiger partial charge < -0.3 is 31.3 Å². The first-order valence-corrected chi connectivity index (χ1v) is 11.7. The molecule has 0 aliphatic carbocycles. The van der Waals surface area contributed by atoms with Gasteiger partial charge in [-0.15, -0.1) is 0 Å². The molecule has 1 heterocycles. The number of fused-ring (bicyclic) bond motifs is 1. The summed E-state index contributed by atoms with van der Waals surface area (Å²) in [5.74, 6) is -0.376. The summed E-state index contributed by atoms with van der Waals surface area (Å²) in [7, 11) is 1.66. The lowest BCUT2D eigenvalue weighted by Gasteiger charge is -2.21. The third kappa shape index (κ3) is 6.30. The summed E-state index contributed by atoms with van der Waals surface area (Å²) in [6, 6.07) is 23.2. The average molecular weight is 501 g/mol. The van der Waals surface area contributed by atoms with Crippen LogP contribution in [0.1, 0.15) is 16.7 Å². The topological polar surface area (TPSA) is 138 Å². The van der Waals surface area contributed by atoms with Crippen molar-refractivity contribution in [3.63, 3.8) is 0 Å². The molecule has 4 rings (SSSR count). The van der Waals surface area contributed by atoms with E-state index in [2.05, 4.69) is 20.9 Å². The van der Waals surface area contributed by atoms with Crippen molar-refractivity contribution in [1.82, 2.24) is 10.6 Å². The second-order valence-corrected chi connectivity index (χ2v) is 8.25. The highest BCUT2D eigenvalue weighted by molar-refractivity contribution is 6.20. The van der Waals surface area contributed by atoms with Crippen LogP contribution in [0.3, 0.4) is 0 Å². The van der Waals surface area contributed by atoms with Gasteiger partial charge in [0.1, 0.15) is 6.61 Å². The fourth-order valence-corrected chi connectivity index (χ4v) is 3.85. The first-order chi connectivity index (χ1) is 18.0. The lowest BCUT2D eigenvalue weighted by Crippen LogP contribution is -2.47. The van der Waals surface area contributed by atoms with Crippen molar-refractivity contribution in [2.24, 2.45) is 10.7 Å². The van der Waals surface area contributed by atoms with Crippen LogP contribution in [0.25, 0.3) is 0 Å². The van der Waals surface area contributed by atoms with Crippen molar-refractivity contribution < 1.29 is 19.1 Å². The zero-order valence-corrected chi connectivity index (χ0v) is 20.3. The van der Waals surface area contributed by atoms with E-state index in [9.17, 15) is 14.4 Å². The lowest BCUT2D eigenvalue weighted by molar-refractivity contribution is -0.119. The van der Waals surface area contributed by atoms with Crippen LogP contribution in [0.5, 0.6) is 0 Å².